The fourth-order valence-electron chi connectivity index (χ4n) is 2.96. The van der Waals surface area contributed by atoms with E-state index in [4.69, 9.17) is 0 Å². The maximum atomic E-state index is 13.3. The van der Waals surface area contributed by atoms with Crippen LogP contribution in [0, 0.1) is 18.7 Å². The summed E-state index contributed by atoms with van der Waals surface area (Å²) < 4.78 is 13.3. The minimum Gasteiger partial charge on any atom is -0.319 e. The van der Waals surface area contributed by atoms with Crippen molar-refractivity contribution in [1.82, 2.24) is 5.32 Å². The molecule has 2 unspecified atom stereocenters. The van der Waals surface area contributed by atoms with Crippen molar-refractivity contribution < 1.29 is 4.39 Å². The van der Waals surface area contributed by atoms with Crippen LogP contribution in [0.4, 0.5) is 4.39 Å². The molecule has 1 nitrogen and oxygen atoms in total. The van der Waals surface area contributed by atoms with Gasteiger partial charge in [0.1, 0.15) is 5.82 Å². The molecule has 2 heteroatoms. The second-order valence-electron chi connectivity index (χ2n) is 4.86. The highest BCUT2D eigenvalue weighted by molar-refractivity contribution is 5.31. The molecule has 1 fully saturated rings. The lowest BCUT2D eigenvalue weighted by atomic mass is 9.86. The van der Waals surface area contributed by atoms with Gasteiger partial charge in [0.2, 0.25) is 0 Å². The molecule has 0 spiro atoms. The summed E-state index contributed by atoms with van der Waals surface area (Å²) in [6.45, 7) is 3.13. The van der Waals surface area contributed by atoms with Gasteiger partial charge in [-0.1, -0.05) is 12.5 Å². The molecule has 0 aliphatic heterocycles. The number of hydrogen-bond acceptors (Lipinski definition) is 1. The lowest BCUT2D eigenvalue weighted by Gasteiger charge is -2.21. The molecule has 16 heavy (non-hydrogen) atoms. The minimum absolute atomic E-state index is 0.101. The molecule has 1 aliphatic rings. The molecule has 88 valence electrons. The summed E-state index contributed by atoms with van der Waals surface area (Å²) in [6, 6.07) is 5.19. The van der Waals surface area contributed by atoms with Gasteiger partial charge in [0.15, 0.2) is 0 Å². The van der Waals surface area contributed by atoms with Gasteiger partial charge in [0, 0.05) is 0 Å². The fourth-order valence-corrected chi connectivity index (χ4v) is 2.96. The second-order valence-corrected chi connectivity index (χ2v) is 4.86. The van der Waals surface area contributed by atoms with Gasteiger partial charge in [-0.2, -0.15) is 0 Å². The zero-order valence-corrected chi connectivity index (χ0v) is 10.1. The van der Waals surface area contributed by atoms with Crippen LogP contribution in [0.25, 0.3) is 0 Å². The van der Waals surface area contributed by atoms with Gasteiger partial charge >= 0.3 is 0 Å². The van der Waals surface area contributed by atoms with Gasteiger partial charge in [0.25, 0.3) is 0 Å². The molecule has 1 aromatic rings. The van der Waals surface area contributed by atoms with Crippen molar-refractivity contribution in [3.05, 3.63) is 35.1 Å². The van der Waals surface area contributed by atoms with Crippen LogP contribution in [0.5, 0.6) is 0 Å². The zero-order chi connectivity index (χ0) is 11.5. The minimum atomic E-state index is -0.101. The Bertz CT molecular complexity index is 362. The lowest BCUT2D eigenvalue weighted by Crippen LogP contribution is -2.21. The van der Waals surface area contributed by atoms with Gasteiger partial charge in [-0.15, -0.1) is 0 Å². The van der Waals surface area contributed by atoms with Gasteiger partial charge in [-0.05, 0) is 68.5 Å². The average Bonchev–Trinajstić information content (AvgIpc) is 2.70. The molecule has 2 rings (SSSR count). The summed E-state index contributed by atoms with van der Waals surface area (Å²) in [5, 5.41) is 3.25. The van der Waals surface area contributed by atoms with Crippen molar-refractivity contribution in [2.45, 2.75) is 32.1 Å². The molecule has 0 amide bonds. The second kappa shape index (κ2) is 4.96. The lowest BCUT2D eigenvalue weighted by molar-refractivity contribution is 0.459. The van der Waals surface area contributed by atoms with E-state index in [2.05, 4.69) is 12.2 Å². The maximum Gasteiger partial charge on any atom is 0.123 e. The molecule has 0 bridgehead atoms. The molecule has 0 heterocycles. The van der Waals surface area contributed by atoms with Crippen LogP contribution in [-0.2, 0) is 0 Å². The van der Waals surface area contributed by atoms with Gasteiger partial charge < -0.3 is 5.32 Å². The highest BCUT2D eigenvalue weighted by Gasteiger charge is 2.29. The van der Waals surface area contributed by atoms with Crippen molar-refractivity contribution >= 4 is 0 Å². The first-order valence-electron chi connectivity index (χ1n) is 6.13. The quantitative estimate of drug-likeness (QED) is 0.826. The molecule has 1 N–H and O–H groups in total. The maximum absolute atomic E-state index is 13.3. The Hall–Kier alpha value is -0.890. The Morgan fingerprint density at radius 1 is 1.38 bits per heavy atom. The molecule has 0 radical (unpaired) electrons. The molecular weight excluding hydrogens is 201 g/mol. The third-order valence-corrected chi connectivity index (χ3v) is 3.77. The third kappa shape index (κ3) is 2.27. The summed E-state index contributed by atoms with van der Waals surface area (Å²) in [7, 11) is 1.99. The van der Waals surface area contributed by atoms with Crippen LogP contribution in [-0.4, -0.2) is 13.6 Å². The van der Waals surface area contributed by atoms with E-state index in [1.165, 1.54) is 30.4 Å². The molecule has 0 saturated heterocycles. The van der Waals surface area contributed by atoms with Gasteiger partial charge in [0.05, 0.1) is 0 Å². The Kier molecular flexibility index (Phi) is 3.59. The predicted octanol–water partition coefficient (Wildman–Crippen LogP) is 3.24. The third-order valence-electron chi connectivity index (χ3n) is 3.77. The molecule has 2 atom stereocenters. The van der Waals surface area contributed by atoms with Crippen LogP contribution in [0.15, 0.2) is 18.2 Å². The van der Waals surface area contributed by atoms with Crippen LogP contribution in [0.2, 0.25) is 0 Å². The van der Waals surface area contributed by atoms with Crippen molar-refractivity contribution in [2.75, 3.05) is 13.6 Å². The Morgan fingerprint density at radius 3 is 2.94 bits per heavy atom. The monoisotopic (exact) mass is 221 g/mol. The average molecular weight is 221 g/mol. The molecule has 1 aromatic carbocycles. The molecular formula is C14H20FN. The van der Waals surface area contributed by atoms with Crippen molar-refractivity contribution in [3.63, 3.8) is 0 Å². The predicted molar refractivity (Wildman–Crippen MR) is 65.1 cm³/mol. The van der Waals surface area contributed by atoms with Crippen LogP contribution >= 0.6 is 0 Å². The molecule has 0 aromatic heterocycles. The smallest absolute Gasteiger partial charge is 0.123 e. The number of rotatable bonds is 3. The standard InChI is InChI=1S/C14H20FN/c1-10-6-7-12(15)8-14(10)13-5-3-4-11(13)9-16-2/h6-8,11,13,16H,3-5,9H2,1-2H3. The van der Waals surface area contributed by atoms with Crippen LogP contribution in [0.1, 0.15) is 36.3 Å². The number of hydrogen-bond donors (Lipinski definition) is 1. The van der Waals surface area contributed by atoms with Crippen LogP contribution in [0.3, 0.4) is 0 Å². The summed E-state index contributed by atoms with van der Waals surface area (Å²) in [6.07, 6.45) is 3.74. The largest absolute Gasteiger partial charge is 0.319 e. The van der Waals surface area contributed by atoms with Crippen molar-refractivity contribution in [3.8, 4) is 0 Å². The van der Waals surface area contributed by atoms with E-state index in [0.717, 1.165) is 6.54 Å². The topological polar surface area (TPSA) is 12.0 Å². The SMILES string of the molecule is CNCC1CCCC1c1cc(F)ccc1C. The fraction of sp³-hybridized carbons (Fsp3) is 0.571. The Morgan fingerprint density at radius 2 is 2.19 bits per heavy atom. The number of nitrogens with one attached hydrogen (secondary N) is 1. The zero-order valence-electron chi connectivity index (χ0n) is 10.1. The first kappa shape index (κ1) is 11.6. The van der Waals surface area contributed by atoms with E-state index >= 15 is 0 Å². The van der Waals surface area contributed by atoms with Crippen molar-refractivity contribution in [1.29, 1.82) is 0 Å². The highest BCUT2D eigenvalue weighted by atomic mass is 19.1. The van der Waals surface area contributed by atoms with E-state index in [1.807, 2.05) is 13.1 Å². The first-order valence-corrected chi connectivity index (χ1v) is 6.13. The number of benzene rings is 1. The number of halogens is 1. The molecule has 1 saturated carbocycles. The van der Waals surface area contributed by atoms with Crippen molar-refractivity contribution in [2.24, 2.45) is 5.92 Å². The van der Waals surface area contributed by atoms with E-state index in [1.54, 1.807) is 12.1 Å². The highest BCUT2D eigenvalue weighted by Crippen LogP contribution is 2.40. The molecule has 1 aliphatic carbocycles. The summed E-state index contributed by atoms with van der Waals surface area (Å²) in [4.78, 5) is 0. The number of aryl methyl sites for hydroxylation is 1. The van der Waals surface area contributed by atoms with E-state index in [-0.39, 0.29) is 5.82 Å². The summed E-state index contributed by atoms with van der Waals surface area (Å²) >= 11 is 0. The van der Waals surface area contributed by atoms with E-state index in [0.29, 0.717) is 11.8 Å². The van der Waals surface area contributed by atoms with Gasteiger partial charge in [-0.25, -0.2) is 4.39 Å². The normalized spacial score (nSPS) is 24.9. The Balaban J connectivity index is 2.25. The van der Waals surface area contributed by atoms with Crippen LogP contribution < -0.4 is 5.32 Å². The van der Waals surface area contributed by atoms with E-state index < -0.39 is 0 Å². The Labute approximate surface area is 97.1 Å². The first-order chi connectivity index (χ1) is 7.72. The summed E-state index contributed by atoms with van der Waals surface area (Å²) in [5.74, 6) is 1.12. The van der Waals surface area contributed by atoms with Gasteiger partial charge in [-0.3, -0.25) is 0 Å². The summed E-state index contributed by atoms with van der Waals surface area (Å²) in [5.41, 5.74) is 2.45. The van der Waals surface area contributed by atoms with E-state index in [9.17, 15) is 4.39 Å².